The standard InChI is InChI=1S/C16H20O5/c1-16(2)6-5-8-9(7-16)13-11(15(18)20-4)10(12(8)21-13)14(17)19-3/h12-13H,5-7H2,1-4H3/t12-,13+/m0/s1. The Balaban J connectivity index is 2.04. The van der Waals surface area contributed by atoms with Gasteiger partial charge in [0.05, 0.1) is 25.4 Å². The van der Waals surface area contributed by atoms with Crippen molar-refractivity contribution in [3.05, 3.63) is 22.3 Å². The maximum atomic E-state index is 12.1. The summed E-state index contributed by atoms with van der Waals surface area (Å²) in [6.07, 6.45) is 1.98. The van der Waals surface area contributed by atoms with Gasteiger partial charge in [0.25, 0.3) is 0 Å². The van der Waals surface area contributed by atoms with Crippen LogP contribution in [-0.4, -0.2) is 38.4 Å². The molecule has 0 radical (unpaired) electrons. The lowest BCUT2D eigenvalue weighted by molar-refractivity contribution is -0.139. The molecule has 0 unspecified atom stereocenters. The van der Waals surface area contributed by atoms with Crippen LogP contribution < -0.4 is 0 Å². The molecular weight excluding hydrogens is 272 g/mol. The number of rotatable bonds is 2. The highest BCUT2D eigenvalue weighted by molar-refractivity contribution is 6.04. The minimum Gasteiger partial charge on any atom is -0.466 e. The van der Waals surface area contributed by atoms with Crippen molar-refractivity contribution in [1.29, 1.82) is 0 Å². The van der Waals surface area contributed by atoms with Crippen LogP contribution in [0.4, 0.5) is 0 Å². The predicted octanol–water partition coefficient (Wildman–Crippen LogP) is 1.92. The maximum absolute atomic E-state index is 12.1. The molecule has 0 aromatic heterocycles. The second-order valence-electron chi connectivity index (χ2n) is 6.60. The molecule has 0 amide bonds. The summed E-state index contributed by atoms with van der Waals surface area (Å²) >= 11 is 0. The number of esters is 2. The molecule has 0 saturated carbocycles. The molecule has 0 fully saturated rings. The van der Waals surface area contributed by atoms with Crippen LogP contribution in [0.5, 0.6) is 0 Å². The van der Waals surface area contributed by atoms with Gasteiger partial charge in [-0.15, -0.1) is 0 Å². The van der Waals surface area contributed by atoms with Crippen molar-refractivity contribution in [1.82, 2.24) is 0 Å². The van der Waals surface area contributed by atoms with E-state index in [9.17, 15) is 9.59 Å². The molecule has 2 bridgehead atoms. The number of hydrogen-bond acceptors (Lipinski definition) is 5. The largest absolute Gasteiger partial charge is 0.466 e. The zero-order chi connectivity index (χ0) is 15.4. The van der Waals surface area contributed by atoms with Gasteiger partial charge in [-0.3, -0.25) is 0 Å². The number of fused-ring (bicyclic) bond motifs is 4. The summed E-state index contributed by atoms with van der Waals surface area (Å²) in [6.45, 7) is 4.43. The van der Waals surface area contributed by atoms with Crippen LogP contribution in [0.15, 0.2) is 22.3 Å². The van der Waals surface area contributed by atoms with Gasteiger partial charge in [0, 0.05) is 0 Å². The molecule has 21 heavy (non-hydrogen) atoms. The Kier molecular flexibility index (Phi) is 3.20. The van der Waals surface area contributed by atoms with Crippen molar-refractivity contribution in [3.8, 4) is 0 Å². The summed E-state index contributed by atoms with van der Waals surface area (Å²) in [5, 5.41) is 0. The third-order valence-corrected chi connectivity index (χ3v) is 4.68. The minimum absolute atomic E-state index is 0.194. The molecule has 3 rings (SSSR count). The third-order valence-electron chi connectivity index (χ3n) is 4.68. The van der Waals surface area contributed by atoms with Crippen molar-refractivity contribution in [2.24, 2.45) is 5.41 Å². The Bertz CT molecular complexity index is 581. The molecule has 5 nitrogen and oxygen atoms in total. The molecule has 5 heteroatoms. The first-order valence-corrected chi connectivity index (χ1v) is 7.17. The first-order chi connectivity index (χ1) is 9.89. The summed E-state index contributed by atoms with van der Waals surface area (Å²) in [7, 11) is 2.63. The van der Waals surface area contributed by atoms with Crippen LogP contribution in [0.3, 0.4) is 0 Å². The van der Waals surface area contributed by atoms with Gasteiger partial charge in [-0.2, -0.15) is 0 Å². The van der Waals surface area contributed by atoms with Crippen LogP contribution >= 0.6 is 0 Å². The topological polar surface area (TPSA) is 61.8 Å². The molecule has 0 spiro atoms. The molecule has 0 aromatic rings. The smallest absolute Gasteiger partial charge is 0.337 e. The lowest BCUT2D eigenvalue weighted by atomic mass is 9.69. The van der Waals surface area contributed by atoms with Crippen molar-refractivity contribution < 1.29 is 23.8 Å². The summed E-state index contributed by atoms with van der Waals surface area (Å²) in [5.41, 5.74) is 3.16. The van der Waals surface area contributed by atoms with Crippen LogP contribution in [-0.2, 0) is 23.8 Å². The minimum atomic E-state index is -0.502. The van der Waals surface area contributed by atoms with Crippen molar-refractivity contribution in [2.45, 2.75) is 45.3 Å². The molecule has 114 valence electrons. The number of carbonyl (C=O) groups excluding carboxylic acids is 2. The van der Waals surface area contributed by atoms with E-state index < -0.39 is 24.1 Å². The van der Waals surface area contributed by atoms with Gasteiger partial charge < -0.3 is 14.2 Å². The highest BCUT2D eigenvalue weighted by atomic mass is 16.5. The quantitative estimate of drug-likeness (QED) is 0.575. The van der Waals surface area contributed by atoms with Crippen LogP contribution in [0.1, 0.15) is 33.1 Å². The lowest BCUT2D eigenvalue weighted by Gasteiger charge is -2.34. The zero-order valence-electron chi connectivity index (χ0n) is 12.8. The summed E-state index contributed by atoms with van der Waals surface area (Å²) in [4.78, 5) is 24.1. The van der Waals surface area contributed by atoms with Gasteiger partial charge in [-0.05, 0) is 35.8 Å². The Hall–Kier alpha value is -1.62. The Morgan fingerprint density at radius 3 is 2.10 bits per heavy atom. The van der Waals surface area contributed by atoms with E-state index in [2.05, 4.69) is 13.8 Å². The van der Waals surface area contributed by atoms with Crippen molar-refractivity contribution >= 4 is 11.9 Å². The van der Waals surface area contributed by atoms with E-state index in [1.807, 2.05) is 0 Å². The fourth-order valence-corrected chi connectivity index (χ4v) is 3.63. The summed E-state index contributed by atoms with van der Waals surface area (Å²) < 4.78 is 15.6. The number of carbonyl (C=O) groups is 2. The lowest BCUT2D eigenvalue weighted by Crippen LogP contribution is -2.30. The van der Waals surface area contributed by atoms with E-state index in [4.69, 9.17) is 14.2 Å². The molecule has 0 N–H and O–H groups in total. The van der Waals surface area contributed by atoms with E-state index in [1.165, 1.54) is 14.2 Å². The van der Waals surface area contributed by atoms with Crippen LogP contribution in [0, 0.1) is 5.41 Å². The molecule has 0 aromatic carbocycles. The molecule has 2 atom stereocenters. The fourth-order valence-electron chi connectivity index (χ4n) is 3.63. The SMILES string of the molecule is COC(=O)C1=C(C(=O)OC)[C@H]2O[C@@H]1C1=C2CCC(C)(C)C1. The van der Waals surface area contributed by atoms with Gasteiger partial charge in [0.1, 0.15) is 12.2 Å². The summed E-state index contributed by atoms with van der Waals surface area (Å²) in [5.74, 6) is -1.00. The van der Waals surface area contributed by atoms with Gasteiger partial charge in [0.2, 0.25) is 0 Å². The number of ether oxygens (including phenoxy) is 3. The van der Waals surface area contributed by atoms with E-state index >= 15 is 0 Å². The monoisotopic (exact) mass is 292 g/mol. The normalized spacial score (nSPS) is 29.5. The molecular formula is C16H20O5. The predicted molar refractivity (Wildman–Crippen MR) is 74.4 cm³/mol. The molecule has 1 aliphatic carbocycles. The van der Waals surface area contributed by atoms with Gasteiger partial charge in [-0.1, -0.05) is 13.8 Å². The van der Waals surface area contributed by atoms with Crippen molar-refractivity contribution in [3.63, 3.8) is 0 Å². The average molecular weight is 292 g/mol. The zero-order valence-corrected chi connectivity index (χ0v) is 12.8. The fraction of sp³-hybridized carbons (Fsp3) is 0.625. The number of hydrogen-bond donors (Lipinski definition) is 0. The van der Waals surface area contributed by atoms with Gasteiger partial charge >= 0.3 is 11.9 Å². The van der Waals surface area contributed by atoms with E-state index in [1.54, 1.807) is 0 Å². The van der Waals surface area contributed by atoms with Crippen molar-refractivity contribution in [2.75, 3.05) is 14.2 Å². The maximum Gasteiger partial charge on any atom is 0.337 e. The first-order valence-electron chi connectivity index (χ1n) is 7.17. The highest BCUT2D eigenvalue weighted by Gasteiger charge is 2.53. The molecule has 3 aliphatic rings. The highest BCUT2D eigenvalue weighted by Crippen LogP contribution is 2.53. The molecule has 2 heterocycles. The van der Waals surface area contributed by atoms with E-state index in [0.717, 1.165) is 30.4 Å². The average Bonchev–Trinajstić information content (AvgIpc) is 3.00. The second kappa shape index (κ2) is 4.70. The van der Waals surface area contributed by atoms with Crippen LogP contribution in [0.25, 0.3) is 0 Å². The Labute approximate surface area is 123 Å². The summed E-state index contributed by atoms with van der Waals surface area (Å²) in [6, 6.07) is 0. The Morgan fingerprint density at radius 2 is 1.57 bits per heavy atom. The number of methoxy groups -OCH3 is 2. The molecule has 2 aliphatic heterocycles. The van der Waals surface area contributed by atoms with Crippen LogP contribution in [0.2, 0.25) is 0 Å². The van der Waals surface area contributed by atoms with E-state index in [0.29, 0.717) is 11.1 Å². The first kappa shape index (κ1) is 14.3. The van der Waals surface area contributed by atoms with Gasteiger partial charge in [0.15, 0.2) is 0 Å². The molecule has 0 saturated heterocycles. The van der Waals surface area contributed by atoms with E-state index in [-0.39, 0.29) is 5.41 Å². The van der Waals surface area contributed by atoms with Gasteiger partial charge in [-0.25, -0.2) is 9.59 Å². The Morgan fingerprint density at radius 1 is 1.05 bits per heavy atom. The third kappa shape index (κ3) is 2.02. The second-order valence-corrected chi connectivity index (χ2v) is 6.60.